The Morgan fingerprint density at radius 3 is 2.81 bits per heavy atom. The van der Waals surface area contributed by atoms with Gasteiger partial charge in [0, 0.05) is 44.5 Å². The highest BCUT2D eigenvalue weighted by Crippen LogP contribution is 2.35. The van der Waals surface area contributed by atoms with E-state index in [1.807, 2.05) is 38.6 Å². The van der Waals surface area contributed by atoms with E-state index in [0.29, 0.717) is 13.2 Å². The van der Waals surface area contributed by atoms with Gasteiger partial charge >= 0.3 is 0 Å². The maximum Gasteiger partial charge on any atom is 0.194 e. The summed E-state index contributed by atoms with van der Waals surface area (Å²) in [5.74, 6) is 2.48. The monoisotopic (exact) mass is 555 g/mol. The molecule has 1 saturated heterocycles. The van der Waals surface area contributed by atoms with Crippen LogP contribution in [0.15, 0.2) is 35.6 Å². The molecule has 32 heavy (non-hydrogen) atoms. The lowest BCUT2D eigenvalue weighted by molar-refractivity contribution is -0.00805. The highest BCUT2D eigenvalue weighted by Gasteiger charge is 2.26. The van der Waals surface area contributed by atoms with E-state index in [1.54, 1.807) is 11.8 Å². The third kappa shape index (κ3) is 5.86. The molecule has 8 nitrogen and oxygen atoms in total. The summed E-state index contributed by atoms with van der Waals surface area (Å²) in [6.45, 7) is 2.78. The molecular weight excluding hydrogens is 521 g/mol. The summed E-state index contributed by atoms with van der Waals surface area (Å²) in [6.07, 6.45) is 8.81. The maximum atomic E-state index is 6.37. The van der Waals surface area contributed by atoms with Gasteiger partial charge in [-0.1, -0.05) is 12.1 Å². The Bertz CT molecular complexity index is 898. The Hall–Kier alpha value is -2.01. The van der Waals surface area contributed by atoms with Gasteiger partial charge in [0.2, 0.25) is 0 Å². The molecule has 0 spiro atoms. The molecule has 2 heterocycles. The molecule has 2 aromatic rings. The van der Waals surface area contributed by atoms with E-state index >= 15 is 0 Å². The number of para-hydroxylation sites is 1. The molecule has 1 aromatic heterocycles. The first-order chi connectivity index (χ1) is 15.2. The average molecular weight is 555 g/mol. The van der Waals surface area contributed by atoms with E-state index < -0.39 is 0 Å². The molecule has 0 amide bonds. The minimum absolute atomic E-state index is 0. The molecule has 1 N–H and O–H groups in total. The first kappa shape index (κ1) is 24.6. The average Bonchev–Trinajstić information content (AvgIpc) is 3.47. The van der Waals surface area contributed by atoms with Crippen molar-refractivity contribution in [3.8, 4) is 11.5 Å². The van der Waals surface area contributed by atoms with Gasteiger partial charge in [0.05, 0.1) is 32.6 Å². The van der Waals surface area contributed by atoms with Crippen LogP contribution in [0.5, 0.6) is 11.5 Å². The first-order valence-electron chi connectivity index (χ1n) is 11.1. The molecule has 0 radical (unpaired) electrons. The van der Waals surface area contributed by atoms with Crippen LogP contribution in [0.25, 0.3) is 0 Å². The van der Waals surface area contributed by atoms with Gasteiger partial charge < -0.3 is 24.4 Å². The quantitative estimate of drug-likeness (QED) is 0.334. The highest BCUT2D eigenvalue weighted by atomic mass is 127. The lowest BCUT2D eigenvalue weighted by atomic mass is 10.1. The van der Waals surface area contributed by atoms with Crippen molar-refractivity contribution in [3.05, 3.63) is 41.7 Å². The number of hydrogen-bond donors (Lipinski definition) is 1. The molecule has 1 aromatic carbocycles. The molecule has 1 aliphatic carbocycles. The summed E-state index contributed by atoms with van der Waals surface area (Å²) < 4.78 is 19.7. The van der Waals surface area contributed by atoms with E-state index in [9.17, 15) is 0 Å². The second-order valence-electron chi connectivity index (χ2n) is 8.13. The molecule has 4 rings (SSSR count). The van der Waals surface area contributed by atoms with Crippen LogP contribution in [0.2, 0.25) is 0 Å². The van der Waals surface area contributed by atoms with Gasteiger partial charge in [-0.05, 0) is 31.7 Å². The molecular formula is C23H34IN5O3. The number of hydrogen-bond acceptors (Lipinski definition) is 5. The standard InChI is InChI=1S/C23H33N5O3.HI/c1-24-23(28-11-12-30-21(16-28)18-14-26-27(2)15-18)25-13-17-7-6-10-20(29-3)22(17)31-19-8-4-5-9-19;/h6-7,10,14-15,19,21H,4-5,8-9,11-13,16H2,1-3H3,(H,24,25);1H. The molecule has 1 saturated carbocycles. The maximum absolute atomic E-state index is 6.37. The van der Waals surface area contributed by atoms with Crippen LogP contribution >= 0.6 is 24.0 Å². The lowest BCUT2D eigenvalue weighted by Gasteiger charge is -2.34. The summed E-state index contributed by atoms with van der Waals surface area (Å²) in [7, 11) is 5.43. The Morgan fingerprint density at radius 1 is 1.31 bits per heavy atom. The molecule has 0 bridgehead atoms. The van der Waals surface area contributed by atoms with Crippen LogP contribution < -0.4 is 14.8 Å². The number of halogens is 1. The number of rotatable bonds is 6. The second kappa shape index (κ2) is 11.7. The fourth-order valence-corrected chi connectivity index (χ4v) is 4.32. The van der Waals surface area contributed by atoms with Crippen molar-refractivity contribution in [2.75, 3.05) is 33.9 Å². The number of aliphatic imine (C=N–C) groups is 1. The van der Waals surface area contributed by atoms with E-state index in [1.165, 1.54) is 12.8 Å². The number of guanidine groups is 1. The Labute approximate surface area is 207 Å². The van der Waals surface area contributed by atoms with Gasteiger partial charge in [-0.2, -0.15) is 5.10 Å². The van der Waals surface area contributed by atoms with Crippen molar-refractivity contribution in [3.63, 3.8) is 0 Å². The van der Waals surface area contributed by atoms with Gasteiger partial charge in [-0.25, -0.2) is 0 Å². The zero-order chi connectivity index (χ0) is 21.6. The van der Waals surface area contributed by atoms with Crippen molar-refractivity contribution in [1.29, 1.82) is 0 Å². The number of nitrogens with one attached hydrogen (secondary N) is 1. The van der Waals surface area contributed by atoms with E-state index in [0.717, 1.165) is 54.5 Å². The van der Waals surface area contributed by atoms with Gasteiger partial charge in [-0.15, -0.1) is 24.0 Å². The zero-order valence-corrected chi connectivity index (χ0v) is 21.5. The van der Waals surface area contributed by atoms with Gasteiger partial charge in [0.15, 0.2) is 17.5 Å². The third-order valence-electron chi connectivity index (χ3n) is 5.98. The fourth-order valence-electron chi connectivity index (χ4n) is 4.32. The van der Waals surface area contributed by atoms with Crippen LogP contribution in [0.1, 0.15) is 42.9 Å². The molecule has 1 atom stereocenters. The Balaban J connectivity index is 0.00000289. The normalized spacial score (nSPS) is 19.5. The molecule has 9 heteroatoms. The summed E-state index contributed by atoms with van der Waals surface area (Å²) in [5, 5.41) is 7.79. The summed E-state index contributed by atoms with van der Waals surface area (Å²) in [6, 6.07) is 6.06. The van der Waals surface area contributed by atoms with E-state index in [2.05, 4.69) is 26.4 Å². The van der Waals surface area contributed by atoms with Crippen molar-refractivity contribution in [2.45, 2.75) is 44.4 Å². The summed E-state index contributed by atoms with van der Waals surface area (Å²) >= 11 is 0. The van der Waals surface area contributed by atoms with E-state index in [-0.39, 0.29) is 36.2 Å². The number of ether oxygens (including phenoxy) is 3. The van der Waals surface area contributed by atoms with Crippen LogP contribution in [-0.4, -0.2) is 60.6 Å². The zero-order valence-electron chi connectivity index (χ0n) is 19.1. The predicted octanol–water partition coefficient (Wildman–Crippen LogP) is 3.52. The fraction of sp³-hybridized carbons (Fsp3) is 0.565. The number of morpholine rings is 1. The number of aryl methyl sites for hydroxylation is 1. The second-order valence-corrected chi connectivity index (χ2v) is 8.13. The van der Waals surface area contributed by atoms with Crippen LogP contribution in [0.3, 0.4) is 0 Å². The van der Waals surface area contributed by atoms with Gasteiger partial charge in [0.25, 0.3) is 0 Å². The molecule has 1 unspecified atom stereocenters. The molecule has 2 aliphatic rings. The Kier molecular flexibility index (Phi) is 9.03. The molecule has 2 fully saturated rings. The number of methoxy groups -OCH3 is 1. The van der Waals surface area contributed by atoms with Crippen LogP contribution in [0.4, 0.5) is 0 Å². The summed E-state index contributed by atoms with van der Waals surface area (Å²) in [4.78, 5) is 6.75. The number of nitrogens with zero attached hydrogens (tertiary/aromatic N) is 4. The predicted molar refractivity (Wildman–Crippen MR) is 135 cm³/mol. The lowest BCUT2D eigenvalue weighted by Crippen LogP contribution is -2.47. The first-order valence-corrected chi connectivity index (χ1v) is 11.1. The number of aromatic nitrogens is 2. The van der Waals surface area contributed by atoms with Crippen molar-refractivity contribution < 1.29 is 14.2 Å². The largest absolute Gasteiger partial charge is 0.493 e. The van der Waals surface area contributed by atoms with Crippen molar-refractivity contribution in [1.82, 2.24) is 20.0 Å². The van der Waals surface area contributed by atoms with Gasteiger partial charge in [-0.3, -0.25) is 9.67 Å². The van der Waals surface area contributed by atoms with Crippen molar-refractivity contribution >= 4 is 29.9 Å². The highest BCUT2D eigenvalue weighted by molar-refractivity contribution is 14.0. The van der Waals surface area contributed by atoms with E-state index in [4.69, 9.17) is 14.2 Å². The third-order valence-corrected chi connectivity index (χ3v) is 5.98. The smallest absolute Gasteiger partial charge is 0.194 e. The van der Waals surface area contributed by atoms with Crippen molar-refractivity contribution in [2.24, 2.45) is 12.0 Å². The van der Waals surface area contributed by atoms with Crippen LogP contribution in [0, 0.1) is 0 Å². The minimum Gasteiger partial charge on any atom is -0.493 e. The minimum atomic E-state index is -0.0147. The topological polar surface area (TPSA) is 73.1 Å². The molecule has 1 aliphatic heterocycles. The molecule has 176 valence electrons. The number of benzene rings is 1. The SMILES string of the molecule is CN=C(NCc1cccc(OC)c1OC1CCCC1)N1CCOC(c2cnn(C)c2)C1.I. The Morgan fingerprint density at radius 2 is 2.12 bits per heavy atom. The van der Waals surface area contributed by atoms with Crippen LogP contribution in [-0.2, 0) is 18.3 Å². The van der Waals surface area contributed by atoms with Gasteiger partial charge in [0.1, 0.15) is 6.10 Å². The summed E-state index contributed by atoms with van der Waals surface area (Å²) in [5.41, 5.74) is 2.16.